The number of aliphatic hydroxyl groups excluding tert-OH is 1. The summed E-state index contributed by atoms with van der Waals surface area (Å²) >= 11 is 7.48. The molecule has 0 unspecified atom stereocenters. The third-order valence-electron chi connectivity index (χ3n) is 3.79. The van der Waals surface area contributed by atoms with E-state index in [1.165, 1.54) is 15.6 Å². The van der Waals surface area contributed by atoms with Gasteiger partial charge in [0.2, 0.25) is 10.0 Å². The van der Waals surface area contributed by atoms with Crippen molar-refractivity contribution in [1.82, 2.24) is 4.31 Å². The number of rotatable bonds is 2. The lowest BCUT2D eigenvalue weighted by molar-refractivity contribution is 0.113. The van der Waals surface area contributed by atoms with E-state index in [1.807, 2.05) is 13.0 Å². The normalized spacial score (nSPS) is 18.4. The maximum Gasteiger partial charge on any atom is 0.244 e. The van der Waals surface area contributed by atoms with Gasteiger partial charge in [-0.1, -0.05) is 11.6 Å². The topological polar surface area (TPSA) is 57.6 Å². The van der Waals surface area contributed by atoms with Crippen molar-refractivity contribution < 1.29 is 13.5 Å². The van der Waals surface area contributed by atoms with Crippen molar-refractivity contribution in [3.63, 3.8) is 0 Å². The Kier molecular flexibility index (Phi) is 4.00. The summed E-state index contributed by atoms with van der Waals surface area (Å²) in [5, 5.41) is 10.8. The van der Waals surface area contributed by atoms with Crippen molar-refractivity contribution in [2.75, 3.05) is 13.1 Å². The number of nitrogens with zero attached hydrogens (tertiary/aromatic N) is 1. The van der Waals surface area contributed by atoms with Crippen molar-refractivity contribution >= 4 is 43.0 Å². The largest absolute Gasteiger partial charge is 0.393 e. The van der Waals surface area contributed by atoms with Gasteiger partial charge in [0.05, 0.1) is 6.10 Å². The molecule has 114 valence electrons. The van der Waals surface area contributed by atoms with Gasteiger partial charge in [-0.25, -0.2) is 8.42 Å². The van der Waals surface area contributed by atoms with Crippen LogP contribution in [0.1, 0.15) is 17.7 Å². The summed E-state index contributed by atoms with van der Waals surface area (Å²) in [4.78, 5) is 1.14. The van der Waals surface area contributed by atoms with Crippen LogP contribution in [0.15, 0.2) is 23.1 Å². The van der Waals surface area contributed by atoms with Crippen LogP contribution in [-0.4, -0.2) is 37.0 Å². The van der Waals surface area contributed by atoms with Gasteiger partial charge in [-0.05, 0) is 38.0 Å². The molecule has 0 atom stereocenters. The Bertz CT molecular complexity index is 777. The molecule has 0 saturated carbocycles. The number of benzene rings is 1. The fourth-order valence-corrected chi connectivity index (χ4v) is 6.08. The van der Waals surface area contributed by atoms with E-state index in [0.717, 1.165) is 9.58 Å². The van der Waals surface area contributed by atoms with Crippen LogP contribution in [0, 0.1) is 6.92 Å². The summed E-state index contributed by atoms with van der Waals surface area (Å²) in [5.41, 5.74) is 0. The Morgan fingerprint density at radius 1 is 1.33 bits per heavy atom. The third kappa shape index (κ3) is 2.71. The van der Waals surface area contributed by atoms with Gasteiger partial charge in [0, 0.05) is 33.1 Å². The number of sulfonamides is 1. The quantitative estimate of drug-likeness (QED) is 0.910. The molecule has 2 heterocycles. The average Bonchev–Trinajstić information content (AvgIpc) is 2.75. The molecule has 0 aliphatic carbocycles. The van der Waals surface area contributed by atoms with Crippen molar-refractivity contribution in [3.05, 3.63) is 28.1 Å². The predicted octanol–water partition coefficient (Wildman–Crippen LogP) is 3.01. The minimum Gasteiger partial charge on any atom is -0.393 e. The third-order valence-corrected chi connectivity index (χ3v) is 7.33. The van der Waals surface area contributed by atoms with Gasteiger partial charge < -0.3 is 5.11 Å². The molecule has 3 rings (SSSR count). The van der Waals surface area contributed by atoms with Crippen LogP contribution in [0.25, 0.3) is 10.1 Å². The molecule has 1 N–H and O–H groups in total. The SMILES string of the molecule is Cc1sc2ccc(Cl)cc2c1S(=O)(=O)N1CCC(O)CC1. The molecular formula is C14H16ClNO3S2. The Morgan fingerprint density at radius 3 is 2.67 bits per heavy atom. The van der Waals surface area contributed by atoms with Crippen LogP contribution in [-0.2, 0) is 10.0 Å². The Labute approximate surface area is 133 Å². The number of hydrogen-bond donors (Lipinski definition) is 1. The minimum atomic E-state index is -3.54. The number of hydrogen-bond acceptors (Lipinski definition) is 4. The van der Waals surface area contributed by atoms with E-state index < -0.39 is 16.1 Å². The molecule has 21 heavy (non-hydrogen) atoms. The number of fused-ring (bicyclic) bond motifs is 1. The first-order valence-corrected chi connectivity index (χ1v) is 9.40. The van der Waals surface area contributed by atoms with Crippen LogP contribution in [0.3, 0.4) is 0 Å². The molecule has 2 aromatic rings. The maximum absolute atomic E-state index is 12.9. The highest BCUT2D eigenvalue weighted by molar-refractivity contribution is 7.89. The van der Waals surface area contributed by atoms with Crippen molar-refractivity contribution in [2.24, 2.45) is 0 Å². The molecule has 1 aliphatic rings. The fraction of sp³-hybridized carbons (Fsp3) is 0.429. The highest BCUT2D eigenvalue weighted by Crippen LogP contribution is 2.37. The van der Waals surface area contributed by atoms with Crippen molar-refractivity contribution in [1.29, 1.82) is 0 Å². The summed E-state index contributed by atoms with van der Waals surface area (Å²) in [7, 11) is -3.54. The van der Waals surface area contributed by atoms with Crippen LogP contribution < -0.4 is 0 Å². The average molecular weight is 346 g/mol. The fourth-order valence-electron chi connectivity index (χ4n) is 2.70. The molecule has 0 amide bonds. The van der Waals surface area contributed by atoms with Gasteiger partial charge in [0.15, 0.2) is 0 Å². The van der Waals surface area contributed by atoms with Gasteiger partial charge in [-0.15, -0.1) is 11.3 Å². The second-order valence-electron chi connectivity index (χ2n) is 5.26. The molecule has 1 aliphatic heterocycles. The van der Waals surface area contributed by atoms with E-state index in [2.05, 4.69) is 0 Å². The Balaban J connectivity index is 2.10. The van der Waals surface area contributed by atoms with Crippen LogP contribution in [0.5, 0.6) is 0 Å². The first-order valence-electron chi connectivity index (χ1n) is 6.76. The molecule has 0 spiro atoms. The molecular weight excluding hydrogens is 330 g/mol. The number of aryl methyl sites for hydroxylation is 1. The number of thiophene rings is 1. The van der Waals surface area contributed by atoms with Crippen LogP contribution in [0.4, 0.5) is 0 Å². The predicted molar refractivity (Wildman–Crippen MR) is 85.6 cm³/mol. The van der Waals surface area contributed by atoms with E-state index in [-0.39, 0.29) is 0 Å². The zero-order chi connectivity index (χ0) is 15.2. The summed E-state index contributed by atoms with van der Waals surface area (Å²) in [6.45, 7) is 2.55. The van der Waals surface area contributed by atoms with Gasteiger partial charge in [0.1, 0.15) is 4.90 Å². The molecule has 7 heteroatoms. The van der Waals surface area contributed by atoms with E-state index in [1.54, 1.807) is 12.1 Å². The summed E-state index contributed by atoms with van der Waals surface area (Å²) in [5.74, 6) is 0. The first-order chi connectivity index (χ1) is 9.89. The lowest BCUT2D eigenvalue weighted by atomic mass is 10.1. The first kappa shape index (κ1) is 15.2. The lowest BCUT2D eigenvalue weighted by Gasteiger charge is -2.28. The smallest absolute Gasteiger partial charge is 0.244 e. The highest BCUT2D eigenvalue weighted by atomic mass is 35.5. The molecule has 4 nitrogen and oxygen atoms in total. The standard InChI is InChI=1S/C14H16ClNO3S2/c1-9-14(12-8-10(15)2-3-13(12)20-9)21(18,19)16-6-4-11(17)5-7-16/h2-3,8,11,17H,4-7H2,1H3. The molecule has 1 aromatic carbocycles. The second-order valence-corrected chi connectivity index (χ2v) is 8.83. The monoisotopic (exact) mass is 345 g/mol. The number of piperidine rings is 1. The molecule has 1 aromatic heterocycles. The Hall–Kier alpha value is -0.660. The van der Waals surface area contributed by atoms with E-state index in [0.29, 0.717) is 41.2 Å². The van der Waals surface area contributed by atoms with Gasteiger partial charge in [-0.3, -0.25) is 0 Å². The highest BCUT2D eigenvalue weighted by Gasteiger charge is 2.32. The van der Waals surface area contributed by atoms with E-state index in [4.69, 9.17) is 11.6 Å². The zero-order valence-corrected chi connectivity index (χ0v) is 13.9. The van der Waals surface area contributed by atoms with Crippen LogP contribution in [0.2, 0.25) is 5.02 Å². The molecule has 0 radical (unpaired) electrons. The summed E-state index contributed by atoms with van der Waals surface area (Å²) in [6.07, 6.45) is 0.577. The van der Waals surface area contributed by atoms with Gasteiger partial charge in [0.25, 0.3) is 0 Å². The zero-order valence-electron chi connectivity index (χ0n) is 11.5. The van der Waals surface area contributed by atoms with E-state index >= 15 is 0 Å². The minimum absolute atomic E-state index is 0.362. The molecule has 1 fully saturated rings. The Morgan fingerprint density at radius 2 is 2.00 bits per heavy atom. The number of halogens is 1. The molecule has 1 saturated heterocycles. The van der Waals surface area contributed by atoms with Crippen molar-refractivity contribution in [2.45, 2.75) is 30.8 Å². The maximum atomic E-state index is 12.9. The summed E-state index contributed by atoms with van der Waals surface area (Å²) < 4.78 is 28.2. The molecule has 0 bridgehead atoms. The second kappa shape index (κ2) is 5.52. The van der Waals surface area contributed by atoms with Crippen LogP contribution >= 0.6 is 22.9 Å². The van der Waals surface area contributed by atoms with E-state index in [9.17, 15) is 13.5 Å². The lowest BCUT2D eigenvalue weighted by Crippen LogP contribution is -2.40. The summed E-state index contributed by atoms with van der Waals surface area (Å²) in [6, 6.07) is 5.34. The van der Waals surface area contributed by atoms with Gasteiger partial charge in [-0.2, -0.15) is 4.31 Å². The number of aliphatic hydroxyl groups is 1. The van der Waals surface area contributed by atoms with Gasteiger partial charge >= 0.3 is 0 Å². The van der Waals surface area contributed by atoms with Crippen molar-refractivity contribution in [3.8, 4) is 0 Å².